The summed E-state index contributed by atoms with van der Waals surface area (Å²) in [5.74, 6) is 2.01. The Balaban J connectivity index is 1.69. The summed E-state index contributed by atoms with van der Waals surface area (Å²) in [6.07, 6.45) is 7.26. The van der Waals surface area contributed by atoms with Crippen LogP contribution in [0, 0.1) is 17.8 Å². The zero-order valence-corrected chi connectivity index (χ0v) is 10.2. The zero-order chi connectivity index (χ0) is 11.5. The average molecular weight is 224 g/mol. The van der Waals surface area contributed by atoms with E-state index in [0.29, 0.717) is 24.3 Å². The van der Waals surface area contributed by atoms with Gasteiger partial charge in [-0.3, -0.25) is 4.79 Å². The van der Waals surface area contributed by atoms with Gasteiger partial charge in [0.2, 0.25) is 5.91 Å². The van der Waals surface area contributed by atoms with E-state index in [0.717, 1.165) is 12.8 Å². The number of hydrogen-bond donors (Lipinski definition) is 2. The first-order valence-electron chi connectivity index (χ1n) is 6.77. The highest BCUT2D eigenvalue weighted by Crippen LogP contribution is 2.55. The first-order valence-corrected chi connectivity index (χ1v) is 6.77. The molecule has 92 valence electrons. The first-order chi connectivity index (χ1) is 7.74. The summed E-state index contributed by atoms with van der Waals surface area (Å²) in [7, 11) is 0. The Bertz CT molecular complexity index is 242. The van der Waals surface area contributed by atoms with Gasteiger partial charge in [0.15, 0.2) is 0 Å². The lowest BCUT2D eigenvalue weighted by atomic mass is 10.0. The van der Waals surface area contributed by atoms with Crippen molar-refractivity contribution >= 4 is 5.91 Å². The second-order valence-electron chi connectivity index (χ2n) is 5.43. The van der Waals surface area contributed by atoms with Gasteiger partial charge in [-0.25, -0.2) is 0 Å². The fourth-order valence-electron chi connectivity index (χ4n) is 3.20. The maximum absolute atomic E-state index is 11.9. The number of fused-ring (bicyclic) bond motifs is 1. The average Bonchev–Trinajstić information content (AvgIpc) is 3.00. The van der Waals surface area contributed by atoms with Crippen molar-refractivity contribution in [2.24, 2.45) is 23.5 Å². The minimum atomic E-state index is 0.134. The molecule has 3 N–H and O–H groups in total. The van der Waals surface area contributed by atoms with Gasteiger partial charge in [0.1, 0.15) is 0 Å². The van der Waals surface area contributed by atoms with E-state index >= 15 is 0 Å². The largest absolute Gasteiger partial charge is 0.354 e. The third-order valence-electron chi connectivity index (χ3n) is 4.16. The number of nitrogens with two attached hydrogens (primary N) is 1. The van der Waals surface area contributed by atoms with Crippen LogP contribution in [-0.4, -0.2) is 18.5 Å². The molecule has 0 spiro atoms. The molecule has 2 rings (SSSR count). The van der Waals surface area contributed by atoms with Gasteiger partial charge >= 0.3 is 0 Å². The molecule has 3 nitrogen and oxygen atoms in total. The molecule has 0 aromatic heterocycles. The van der Waals surface area contributed by atoms with E-state index in [1.807, 2.05) is 0 Å². The van der Waals surface area contributed by atoms with E-state index in [1.165, 1.54) is 25.7 Å². The Morgan fingerprint density at radius 3 is 2.56 bits per heavy atom. The predicted molar refractivity (Wildman–Crippen MR) is 64.8 cm³/mol. The Labute approximate surface area is 98.2 Å². The molecule has 2 aliphatic carbocycles. The van der Waals surface area contributed by atoms with Gasteiger partial charge in [-0.2, -0.15) is 0 Å². The van der Waals surface area contributed by atoms with Gasteiger partial charge in [0.05, 0.1) is 0 Å². The van der Waals surface area contributed by atoms with Crippen molar-refractivity contribution in [2.75, 3.05) is 6.54 Å². The van der Waals surface area contributed by atoms with Crippen molar-refractivity contribution in [3.63, 3.8) is 0 Å². The molecule has 0 bridgehead atoms. The minimum absolute atomic E-state index is 0.134. The number of rotatable bonds is 5. The molecule has 0 heterocycles. The summed E-state index contributed by atoms with van der Waals surface area (Å²) in [4.78, 5) is 11.9. The quantitative estimate of drug-likeness (QED) is 0.746. The van der Waals surface area contributed by atoms with Gasteiger partial charge < -0.3 is 11.1 Å². The molecule has 0 saturated heterocycles. The Morgan fingerprint density at radius 1 is 1.38 bits per heavy atom. The lowest BCUT2D eigenvalue weighted by Crippen LogP contribution is -2.38. The fraction of sp³-hybridized carbons (Fsp3) is 0.923. The van der Waals surface area contributed by atoms with Crippen LogP contribution >= 0.6 is 0 Å². The highest BCUT2D eigenvalue weighted by molar-refractivity contribution is 5.82. The second-order valence-corrected chi connectivity index (χ2v) is 5.43. The van der Waals surface area contributed by atoms with Crippen LogP contribution < -0.4 is 11.1 Å². The first kappa shape index (κ1) is 11.9. The summed E-state index contributed by atoms with van der Waals surface area (Å²) in [6, 6.07) is 0.134. The number of carbonyl (C=O) groups excluding carboxylic acids is 1. The summed E-state index contributed by atoms with van der Waals surface area (Å²) in [5.41, 5.74) is 5.88. The van der Waals surface area contributed by atoms with Crippen LogP contribution in [0.5, 0.6) is 0 Å². The van der Waals surface area contributed by atoms with Crippen molar-refractivity contribution < 1.29 is 4.79 Å². The van der Waals surface area contributed by atoms with E-state index in [2.05, 4.69) is 12.2 Å². The standard InChI is InChI=1S/C13H24N2O/c1-2-5-9(14)8-15-13(16)12-10-6-3-4-7-11(10)12/h9-12H,2-8,14H2,1H3,(H,15,16). The number of carbonyl (C=O) groups is 1. The van der Waals surface area contributed by atoms with Gasteiger partial charge in [-0.1, -0.05) is 26.2 Å². The molecule has 2 saturated carbocycles. The third kappa shape index (κ3) is 2.57. The number of hydrogen-bond acceptors (Lipinski definition) is 2. The van der Waals surface area contributed by atoms with Crippen molar-refractivity contribution in [3.8, 4) is 0 Å². The van der Waals surface area contributed by atoms with Crippen LogP contribution in [-0.2, 0) is 4.79 Å². The van der Waals surface area contributed by atoms with Crippen LogP contribution in [0.2, 0.25) is 0 Å². The maximum Gasteiger partial charge on any atom is 0.223 e. The van der Waals surface area contributed by atoms with Crippen LogP contribution in [0.4, 0.5) is 0 Å². The van der Waals surface area contributed by atoms with E-state index in [4.69, 9.17) is 5.73 Å². The molecule has 2 fully saturated rings. The zero-order valence-electron chi connectivity index (χ0n) is 10.2. The molecule has 3 unspecified atom stereocenters. The molecule has 0 aromatic carbocycles. The summed E-state index contributed by atoms with van der Waals surface area (Å²) in [5, 5.41) is 3.02. The Kier molecular flexibility index (Phi) is 3.85. The van der Waals surface area contributed by atoms with Gasteiger partial charge in [0, 0.05) is 18.5 Å². The molecule has 0 aliphatic heterocycles. The molecule has 3 atom stereocenters. The van der Waals surface area contributed by atoms with E-state index < -0.39 is 0 Å². The Hall–Kier alpha value is -0.570. The Morgan fingerprint density at radius 2 is 2.00 bits per heavy atom. The van der Waals surface area contributed by atoms with E-state index in [9.17, 15) is 4.79 Å². The lowest BCUT2D eigenvalue weighted by molar-refractivity contribution is -0.122. The second kappa shape index (κ2) is 5.17. The molecule has 2 aliphatic rings. The highest BCUT2D eigenvalue weighted by atomic mass is 16.2. The van der Waals surface area contributed by atoms with Gasteiger partial charge in [-0.05, 0) is 31.1 Å². The lowest BCUT2D eigenvalue weighted by Gasteiger charge is -2.11. The van der Waals surface area contributed by atoms with Crippen molar-refractivity contribution in [3.05, 3.63) is 0 Å². The third-order valence-corrected chi connectivity index (χ3v) is 4.16. The minimum Gasteiger partial charge on any atom is -0.354 e. The molecule has 3 heteroatoms. The maximum atomic E-state index is 11.9. The van der Waals surface area contributed by atoms with Crippen LogP contribution in [0.3, 0.4) is 0 Å². The summed E-state index contributed by atoms with van der Waals surface area (Å²) >= 11 is 0. The summed E-state index contributed by atoms with van der Waals surface area (Å²) < 4.78 is 0. The normalized spacial score (nSPS) is 34.0. The van der Waals surface area contributed by atoms with Crippen molar-refractivity contribution in [1.82, 2.24) is 5.32 Å². The monoisotopic (exact) mass is 224 g/mol. The molecular weight excluding hydrogens is 200 g/mol. The molecule has 16 heavy (non-hydrogen) atoms. The molecular formula is C13H24N2O. The van der Waals surface area contributed by atoms with E-state index in [1.54, 1.807) is 0 Å². The predicted octanol–water partition coefficient (Wildman–Crippen LogP) is 1.67. The van der Waals surface area contributed by atoms with Gasteiger partial charge in [0.25, 0.3) is 0 Å². The van der Waals surface area contributed by atoms with Crippen LogP contribution in [0.15, 0.2) is 0 Å². The molecule has 0 radical (unpaired) electrons. The smallest absolute Gasteiger partial charge is 0.223 e. The van der Waals surface area contributed by atoms with Crippen LogP contribution in [0.1, 0.15) is 45.4 Å². The number of nitrogens with one attached hydrogen (secondary N) is 1. The highest BCUT2D eigenvalue weighted by Gasteiger charge is 2.54. The number of amides is 1. The van der Waals surface area contributed by atoms with Crippen molar-refractivity contribution in [1.29, 1.82) is 0 Å². The van der Waals surface area contributed by atoms with E-state index in [-0.39, 0.29) is 11.9 Å². The van der Waals surface area contributed by atoms with Gasteiger partial charge in [-0.15, -0.1) is 0 Å². The molecule has 1 amide bonds. The fourth-order valence-corrected chi connectivity index (χ4v) is 3.20. The SMILES string of the molecule is CCCC(N)CNC(=O)C1C2CCCCC21. The molecule has 0 aromatic rings. The van der Waals surface area contributed by atoms with Crippen LogP contribution in [0.25, 0.3) is 0 Å². The topological polar surface area (TPSA) is 55.1 Å². The summed E-state index contributed by atoms with van der Waals surface area (Å²) in [6.45, 7) is 2.78. The van der Waals surface area contributed by atoms with Crippen molar-refractivity contribution in [2.45, 2.75) is 51.5 Å².